The van der Waals surface area contributed by atoms with E-state index in [0.717, 1.165) is 29.7 Å². The molecule has 3 aromatic rings. The zero-order valence-electron chi connectivity index (χ0n) is 21.1. The number of carbonyl (C=O) groups excluding carboxylic acids is 3. The molecule has 0 saturated carbocycles. The lowest BCUT2D eigenvalue weighted by atomic mass is 9.95. The van der Waals surface area contributed by atoms with Gasteiger partial charge in [-0.15, -0.1) is 0 Å². The van der Waals surface area contributed by atoms with Crippen LogP contribution >= 0.6 is 11.3 Å². The lowest BCUT2D eigenvalue weighted by Crippen LogP contribution is -2.29. The van der Waals surface area contributed by atoms with Gasteiger partial charge in [-0.1, -0.05) is 54.5 Å². The second kappa shape index (κ2) is 11.0. The number of amides is 1. The van der Waals surface area contributed by atoms with Crippen molar-refractivity contribution in [3.8, 4) is 5.75 Å². The highest BCUT2D eigenvalue weighted by Crippen LogP contribution is 2.44. The maximum atomic E-state index is 13.3. The van der Waals surface area contributed by atoms with Crippen LogP contribution in [0.25, 0.3) is 5.76 Å². The number of aliphatic hydroxyl groups is 1. The molecule has 0 radical (unpaired) electrons. The molecule has 4 rings (SSSR count). The van der Waals surface area contributed by atoms with Crippen molar-refractivity contribution in [1.29, 1.82) is 0 Å². The van der Waals surface area contributed by atoms with E-state index in [4.69, 9.17) is 9.47 Å². The molecular formula is C28H28N2O6S. The normalized spacial score (nSPS) is 16.8. The standard InChI is InChI=1S/C28H28N2O6S/c1-5-6-15-36-20-13-11-19(12-14-20)23(31)21-22(18-9-7-16(2)8-10-18)30(26(33)24(21)32)28-29-17(3)25(37-28)27(34)35-4/h7-14,22,31H,5-6,15H2,1-4H3/t22-/m1/s1. The van der Waals surface area contributed by atoms with Crippen molar-refractivity contribution >= 4 is 39.9 Å². The molecule has 1 aliphatic heterocycles. The quantitative estimate of drug-likeness (QED) is 0.140. The van der Waals surface area contributed by atoms with E-state index in [1.807, 2.05) is 19.1 Å². The van der Waals surface area contributed by atoms with Crippen molar-refractivity contribution in [3.05, 3.63) is 81.4 Å². The van der Waals surface area contributed by atoms with Crippen molar-refractivity contribution in [2.24, 2.45) is 0 Å². The third-order valence-electron chi connectivity index (χ3n) is 6.09. The van der Waals surface area contributed by atoms with E-state index in [9.17, 15) is 19.5 Å². The van der Waals surface area contributed by atoms with Gasteiger partial charge in [0.1, 0.15) is 16.4 Å². The second-order valence-electron chi connectivity index (χ2n) is 8.71. The summed E-state index contributed by atoms with van der Waals surface area (Å²) in [5.74, 6) is -1.90. The monoisotopic (exact) mass is 520 g/mol. The largest absolute Gasteiger partial charge is 0.507 e. The number of hydrogen-bond donors (Lipinski definition) is 1. The molecule has 8 nitrogen and oxygen atoms in total. The number of hydrogen-bond acceptors (Lipinski definition) is 8. The van der Waals surface area contributed by atoms with Crippen molar-refractivity contribution < 1.29 is 29.0 Å². The van der Waals surface area contributed by atoms with Gasteiger partial charge in [0, 0.05) is 5.56 Å². The Balaban J connectivity index is 1.81. The first-order valence-electron chi connectivity index (χ1n) is 11.9. The van der Waals surface area contributed by atoms with Gasteiger partial charge in [0.15, 0.2) is 5.13 Å². The van der Waals surface area contributed by atoms with E-state index in [1.165, 1.54) is 12.0 Å². The molecule has 1 amide bonds. The Kier molecular flexibility index (Phi) is 7.73. The summed E-state index contributed by atoms with van der Waals surface area (Å²) in [7, 11) is 1.26. The first-order valence-corrected chi connectivity index (χ1v) is 12.7. The van der Waals surface area contributed by atoms with Crippen LogP contribution in [0, 0.1) is 13.8 Å². The van der Waals surface area contributed by atoms with Crippen LogP contribution in [0.3, 0.4) is 0 Å². The maximum absolute atomic E-state index is 13.3. The fourth-order valence-corrected chi connectivity index (χ4v) is 5.07. The Morgan fingerprint density at radius 1 is 1.08 bits per heavy atom. The smallest absolute Gasteiger partial charge is 0.350 e. The van der Waals surface area contributed by atoms with Gasteiger partial charge in [-0.2, -0.15) is 0 Å². The number of nitrogens with zero attached hydrogens (tertiary/aromatic N) is 2. The molecule has 0 unspecified atom stereocenters. The fourth-order valence-electron chi connectivity index (χ4n) is 4.06. The van der Waals surface area contributed by atoms with E-state index in [2.05, 4.69) is 11.9 Å². The number of ketones is 1. The Labute approximate surface area is 219 Å². The number of rotatable bonds is 8. The summed E-state index contributed by atoms with van der Waals surface area (Å²) < 4.78 is 10.5. The van der Waals surface area contributed by atoms with E-state index in [0.29, 0.717) is 29.2 Å². The molecule has 1 aromatic heterocycles. The van der Waals surface area contributed by atoms with Crippen molar-refractivity contribution in [2.75, 3.05) is 18.6 Å². The van der Waals surface area contributed by atoms with Crippen LogP contribution in [-0.2, 0) is 14.3 Å². The number of aliphatic hydroxyl groups excluding tert-OH is 1. The summed E-state index contributed by atoms with van der Waals surface area (Å²) >= 11 is 0.964. The zero-order valence-corrected chi connectivity index (χ0v) is 21.9. The van der Waals surface area contributed by atoms with Gasteiger partial charge in [0.2, 0.25) is 0 Å². The highest BCUT2D eigenvalue weighted by atomic mass is 32.1. The number of aryl methyl sites for hydroxylation is 2. The minimum atomic E-state index is -0.933. The number of thiazole rings is 1. The lowest BCUT2D eigenvalue weighted by Gasteiger charge is -2.23. The zero-order chi connectivity index (χ0) is 26.7. The highest BCUT2D eigenvalue weighted by Gasteiger charge is 2.48. The predicted molar refractivity (Wildman–Crippen MR) is 141 cm³/mol. The molecule has 2 heterocycles. The van der Waals surface area contributed by atoms with Gasteiger partial charge in [-0.25, -0.2) is 9.78 Å². The number of ether oxygens (including phenoxy) is 2. The Morgan fingerprint density at radius 2 is 1.76 bits per heavy atom. The van der Waals surface area contributed by atoms with Gasteiger partial charge >= 0.3 is 11.9 Å². The van der Waals surface area contributed by atoms with E-state index in [-0.39, 0.29) is 21.3 Å². The van der Waals surface area contributed by atoms with Crippen LogP contribution in [0.5, 0.6) is 5.75 Å². The SMILES string of the molecule is CCCCOc1ccc(C(O)=C2C(=O)C(=O)N(c3nc(C)c(C(=O)OC)s3)[C@@H]2c2ccc(C)cc2)cc1. The first-order chi connectivity index (χ1) is 17.8. The third kappa shape index (κ3) is 5.13. The highest BCUT2D eigenvalue weighted by molar-refractivity contribution is 7.17. The summed E-state index contributed by atoms with van der Waals surface area (Å²) in [4.78, 5) is 44.7. The molecule has 0 bridgehead atoms. The number of benzene rings is 2. The Hall–Kier alpha value is -3.98. The molecule has 1 aliphatic rings. The number of esters is 1. The minimum Gasteiger partial charge on any atom is -0.507 e. The molecule has 192 valence electrons. The first kappa shape index (κ1) is 26.1. The molecule has 0 aliphatic carbocycles. The van der Waals surface area contributed by atoms with Crippen LogP contribution < -0.4 is 9.64 Å². The molecule has 9 heteroatoms. The van der Waals surface area contributed by atoms with Gasteiger partial charge in [-0.05, 0) is 50.1 Å². The summed E-state index contributed by atoms with van der Waals surface area (Å²) in [5.41, 5.74) is 2.33. The number of unbranched alkanes of at least 4 members (excludes halogenated alkanes) is 1. The molecule has 1 saturated heterocycles. The summed E-state index contributed by atoms with van der Waals surface area (Å²) in [6, 6.07) is 13.1. The number of aromatic nitrogens is 1. The van der Waals surface area contributed by atoms with Crippen LogP contribution in [0.15, 0.2) is 54.1 Å². The summed E-state index contributed by atoms with van der Waals surface area (Å²) in [5, 5.41) is 11.5. The average Bonchev–Trinajstić information content (AvgIpc) is 3.40. The molecule has 0 spiro atoms. The molecule has 1 N–H and O–H groups in total. The van der Waals surface area contributed by atoms with Gasteiger partial charge < -0.3 is 14.6 Å². The topological polar surface area (TPSA) is 106 Å². The Bertz CT molecular complexity index is 1360. The predicted octanol–water partition coefficient (Wildman–Crippen LogP) is 5.35. The van der Waals surface area contributed by atoms with Crippen molar-refractivity contribution in [2.45, 2.75) is 39.7 Å². The third-order valence-corrected chi connectivity index (χ3v) is 7.23. The lowest BCUT2D eigenvalue weighted by molar-refractivity contribution is -0.132. The van der Waals surface area contributed by atoms with Gasteiger partial charge in [-0.3, -0.25) is 14.5 Å². The van der Waals surface area contributed by atoms with Crippen LogP contribution in [-0.4, -0.2) is 41.5 Å². The van der Waals surface area contributed by atoms with E-state index < -0.39 is 23.7 Å². The van der Waals surface area contributed by atoms with Crippen molar-refractivity contribution in [1.82, 2.24) is 4.98 Å². The molecule has 37 heavy (non-hydrogen) atoms. The molecule has 2 aromatic carbocycles. The van der Waals surface area contributed by atoms with Crippen LogP contribution in [0.2, 0.25) is 0 Å². The maximum Gasteiger partial charge on any atom is 0.350 e. The summed E-state index contributed by atoms with van der Waals surface area (Å²) in [6.07, 6.45) is 1.94. The number of carbonyl (C=O) groups is 3. The van der Waals surface area contributed by atoms with Gasteiger partial charge in [0.25, 0.3) is 5.78 Å². The van der Waals surface area contributed by atoms with Crippen LogP contribution in [0.4, 0.5) is 5.13 Å². The van der Waals surface area contributed by atoms with Crippen molar-refractivity contribution in [3.63, 3.8) is 0 Å². The average molecular weight is 521 g/mol. The van der Waals surface area contributed by atoms with Gasteiger partial charge in [0.05, 0.1) is 31.0 Å². The number of Topliss-reactive ketones (excluding diaryl/α,β-unsaturated/α-hetero) is 1. The van der Waals surface area contributed by atoms with Crippen LogP contribution in [0.1, 0.15) is 57.9 Å². The Morgan fingerprint density at radius 3 is 2.38 bits per heavy atom. The second-order valence-corrected chi connectivity index (χ2v) is 9.69. The molecular weight excluding hydrogens is 492 g/mol. The summed E-state index contributed by atoms with van der Waals surface area (Å²) in [6.45, 7) is 6.22. The number of methoxy groups -OCH3 is 1. The molecule has 1 atom stereocenters. The molecule has 1 fully saturated rings. The fraction of sp³-hybridized carbons (Fsp3) is 0.286. The van der Waals surface area contributed by atoms with E-state index >= 15 is 0 Å². The van der Waals surface area contributed by atoms with E-state index in [1.54, 1.807) is 43.3 Å². The number of anilines is 1. The minimum absolute atomic E-state index is 0.0547.